The number of halogens is 2. The van der Waals surface area contributed by atoms with E-state index >= 15 is 0 Å². The number of aliphatic hydroxyl groups is 1. The summed E-state index contributed by atoms with van der Waals surface area (Å²) in [6.45, 7) is -0.882. The van der Waals surface area contributed by atoms with Gasteiger partial charge < -0.3 is 14.6 Å². The Bertz CT molecular complexity index is 848. The highest BCUT2D eigenvalue weighted by Gasteiger charge is 2.06. The molecule has 0 saturated heterocycles. The number of fused-ring (bicyclic) bond motifs is 1. The Morgan fingerprint density at radius 3 is 2.68 bits per heavy atom. The lowest BCUT2D eigenvalue weighted by Gasteiger charge is -2.10. The first-order valence-electron chi connectivity index (χ1n) is 7.61. The van der Waals surface area contributed by atoms with Crippen LogP contribution in [0, 0.1) is 0 Å². The van der Waals surface area contributed by atoms with Gasteiger partial charge in [0.05, 0.1) is 11.2 Å². The molecule has 0 spiro atoms. The van der Waals surface area contributed by atoms with Crippen LogP contribution in [0.2, 0.25) is 0 Å². The second-order valence-electron chi connectivity index (χ2n) is 5.43. The molecular formula is C18H16FIN2O2S. The number of aromatic nitrogens is 1. The highest BCUT2D eigenvalue weighted by molar-refractivity contribution is 14.2. The maximum Gasteiger partial charge on any atom is 0.120 e. The normalized spacial score (nSPS) is 12.1. The van der Waals surface area contributed by atoms with Crippen molar-refractivity contribution in [2.24, 2.45) is 0 Å². The predicted octanol–water partition coefficient (Wildman–Crippen LogP) is 5.02. The number of nitrogens with zero attached hydrogens (tertiary/aromatic N) is 1. The van der Waals surface area contributed by atoms with Gasteiger partial charge in [0.15, 0.2) is 0 Å². The minimum absolute atomic E-state index is 0.0661. The summed E-state index contributed by atoms with van der Waals surface area (Å²) in [5.74, 6) is 0.585. The molecule has 3 rings (SSSR count). The van der Waals surface area contributed by atoms with Crippen molar-refractivity contribution in [1.29, 1.82) is 0 Å². The molecule has 130 valence electrons. The van der Waals surface area contributed by atoms with Crippen molar-refractivity contribution >= 4 is 46.9 Å². The number of aliphatic hydroxyl groups excluding tert-OH is 1. The predicted molar refractivity (Wildman–Crippen MR) is 110 cm³/mol. The van der Waals surface area contributed by atoms with E-state index < -0.39 is 12.8 Å². The number of rotatable bonds is 7. The molecule has 2 N–H and O–H groups in total. The lowest BCUT2D eigenvalue weighted by molar-refractivity contribution is 0.0842. The third-order valence-corrected chi connectivity index (χ3v) is 4.59. The fourth-order valence-electron chi connectivity index (χ4n) is 2.34. The van der Waals surface area contributed by atoms with Crippen LogP contribution in [0.25, 0.3) is 22.2 Å². The molecule has 1 aromatic heterocycles. The van der Waals surface area contributed by atoms with Crippen LogP contribution in [0.4, 0.5) is 10.1 Å². The summed E-state index contributed by atoms with van der Waals surface area (Å²) in [4.78, 5) is 4.68. The molecule has 0 aliphatic heterocycles. The second kappa shape index (κ2) is 8.68. The molecule has 3 aromatic rings. The molecule has 0 bridgehead atoms. The first kappa shape index (κ1) is 18.2. The van der Waals surface area contributed by atoms with Gasteiger partial charge in [-0.25, -0.2) is 9.37 Å². The van der Waals surface area contributed by atoms with Gasteiger partial charge in [-0.3, -0.25) is 0 Å². The Labute approximate surface area is 161 Å². The van der Waals surface area contributed by atoms with E-state index in [-0.39, 0.29) is 6.61 Å². The molecule has 2 aromatic carbocycles. The first-order chi connectivity index (χ1) is 12.2. The van der Waals surface area contributed by atoms with Crippen LogP contribution in [0.5, 0.6) is 5.75 Å². The molecule has 0 amide bonds. The van der Waals surface area contributed by atoms with Crippen molar-refractivity contribution in [2.75, 3.05) is 18.0 Å². The molecule has 4 nitrogen and oxygen atoms in total. The van der Waals surface area contributed by atoms with Crippen molar-refractivity contribution in [3.05, 3.63) is 54.6 Å². The fraction of sp³-hybridized carbons (Fsp3) is 0.167. The van der Waals surface area contributed by atoms with E-state index in [1.165, 1.54) is 9.12 Å². The van der Waals surface area contributed by atoms with Crippen molar-refractivity contribution in [1.82, 2.24) is 4.98 Å². The van der Waals surface area contributed by atoms with Crippen molar-refractivity contribution in [3.63, 3.8) is 0 Å². The maximum absolute atomic E-state index is 12.3. The molecule has 1 heterocycles. The van der Waals surface area contributed by atoms with Gasteiger partial charge in [-0.15, -0.1) is 0 Å². The zero-order valence-corrected chi connectivity index (χ0v) is 16.1. The second-order valence-corrected chi connectivity index (χ2v) is 7.11. The zero-order chi connectivity index (χ0) is 17.6. The zero-order valence-electron chi connectivity index (χ0n) is 13.2. The Morgan fingerprint density at radius 2 is 1.96 bits per heavy atom. The summed E-state index contributed by atoms with van der Waals surface area (Å²) in [7, 11) is 1.52. The lowest BCUT2D eigenvalue weighted by Crippen LogP contribution is -2.19. The lowest BCUT2D eigenvalue weighted by atomic mass is 10.1. The van der Waals surface area contributed by atoms with Crippen LogP contribution in [0.1, 0.15) is 0 Å². The summed E-state index contributed by atoms with van der Waals surface area (Å²) in [5, 5.41) is 10.2. The number of hydrogen-bond donors (Lipinski definition) is 2. The van der Waals surface area contributed by atoms with Gasteiger partial charge in [-0.05, 0) is 36.4 Å². The standard InChI is InChI=1S/C18H16FIN2O2S/c19-10-15(23)11-24-16-6-8-18-13(9-16)3-7-17(21-18)12-1-4-14(5-2-12)22-25-20/h1-9,15,22-23H,10-11H2. The van der Waals surface area contributed by atoms with Crippen molar-refractivity contribution < 1.29 is 14.2 Å². The number of pyridine rings is 1. The van der Waals surface area contributed by atoms with E-state index in [2.05, 4.69) is 30.9 Å². The number of alkyl halides is 1. The molecule has 1 atom stereocenters. The van der Waals surface area contributed by atoms with Gasteiger partial charge in [0.1, 0.15) is 25.1 Å². The Kier molecular flexibility index (Phi) is 6.33. The van der Waals surface area contributed by atoms with Crippen molar-refractivity contribution in [3.8, 4) is 17.0 Å². The van der Waals surface area contributed by atoms with Crippen LogP contribution in [-0.4, -0.2) is 29.5 Å². The first-order valence-corrected chi connectivity index (χ1v) is 11.0. The van der Waals surface area contributed by atoms with Crippen LogP contribution >= 0.6 is 30.3 Å². The highest BCUT2D eigenvalue weighted by atomic mass is 127. The van der Waals surface area contributed by atoms with Gasteiger partial charge in [0, 0.05) is 47.0 Å². The van der Waals surface area contributed by atoms with Crippen LogP contribution < -0.4 is 9.46 Å². The monoisotopic (exact) mass is 470 g/mol. The average molecular weight is 470 g/mol. The van der Waals surface area contributed by atoms with Gasteiger partial charge in [-0.1, -0.05) is 18.2 Å². The highest BCUT2D eigenvalue weighted by Crippen LogP contribution is 2.26. The SMILES string of the molecule is OC(CF)COc1ccc2nc(-c3ccc(NSI)cc3)ccc2c1. The van der Waals surface area contributed by atoms with E-state index in [9.17, 15) is 9.50 Å². The van der Waals surface area contributed by atoms with Crippen LogP contribution in [0.15, 0.2) is 54.6 Å². The Morgan fingerprint density at radius 1 is 1.16 bits per heavy atom. The van der Waals surface area contributed by atoms with E-state index in [4.69, 9.17) is 4.74 Å². The number of hydrogen-bond acceptors (Lipinski definition) is 5. The molecular weight excluding hydrogens is 454 g/mol. The van der Waals surface area contributed by atoms with Crippen LogP contribution in [0.3, 0.4) is 0 Å². The summed E-state index contributed by atoms with van der Waals surface area (Å²) < 4.78 is 20.8. The number of ether oxygens (including phenoxy) is 1. The molecule has 1 unspecified atom stereocenters. The van der Waals surface area contributed by atoms with E-state index in [1.54, 1.807) is 6.07 Å². The summed E-state index contributed by atoms with van der Waals surface area (Å²) in [6.07, 6.45) is -1.10. The molecule has 0 saturated carbocycles. The summed E-state index contributed by atoms with van der Waals surface area (Å²) in [5.41, 5.74) is 3.82. The quantitative estimate of drug-likeness (QED) is 0.375. The number of anilines is 1. The largest absolute Gasteiger partial charge is 0.491 e. The fourth-order valence-corrected chi connectivity index (χ4v) is 3.33. The minimum Gasteiger partial charge on any atom is -0.491 e. The van der Waals surface area contributed by atoms with E-state index in [1.807, 2.05) is 48.5 Å². The molecule has 0 radical (unpaired) electrons. The maximum atomic E-state index is 12.3. The minimum atomic E-state index is -1.10. The van der Waals surface area contributed by atoms with Crippen molar-refractivity contribution in [2.45, 2.75) is 6.10 Å². The van der Waals surface area contributed by atoms with Gasteiger partial charge in [-0.2, -0.15) is 0 Å². The Hall–Kier alpha value is -1.58. The number of benzene rings is 2. The molecule has 0 aliphatic rings. The van der Waals surface area contributed by atoms with Gasteiger partial charge in [0.25, 0.3) is 0 Å². The van der Waals surface area contributed by atoms with E-state index in [0.717, 1.165) is 27.8 Å². The van der Waals surface area contributed by atoms with Gasteiger partial charge in [0.2, 0.25) is 0 Å². The molecule has 0 aliphatic carbocycles. The third-order valence-electron chi connectivity index (χ3n) is 3.62. The van der Waals surface area contributed by atoms with Crippen LogP contribution in [-0.2, 0) is 0 Å². The third kappa shape index (κ3) is 4.74. The van der Waals surface area contributed by atoms with E-state index in [0.29, 0.717) is 5.75 Å². The van der Waals surface area contributed by atoms with Gasteiger partial charge >= 0.3 is 0 Å². The molecule has 0 fully saturated rings. The summed E-state index contributed by atoms with van der Waals surface area (Å²) >= 11 is 2.19. The summed E-state index contributed by atoms with van der Waals surface area (Å²) in [6, 6.07) is 17.5. The molecule has 7 heteroatoms. The average Bonchev–Trinajstić information content (AvgIpc) is 2.66. The topological polar surface area (TPSA) is 54.4 Å². The number of nitrogens with one attached hydrogen (secondary N) is 1. The Balaban J connectivity index is 1.80. The molecule has 25 heavy (non-hydrogen) atoms. The smallest absolute Gasteiger partial charge is 0.120 e.